The Kier molecular flexibility index (Phi) is 7.02. The first kappa shape index (κ1) is 24.7. The molecular weight excluding hydrogens is 466 g/mol. The highest BCUT2D eigenvalue weighted by molar-refractivity contribution is 5.77. The van der Waals surface area contributed by atoms with Gasteiger partial charge in [0, 0.05) is 50.3 Å². The lowest BCUT2D eigenvalue weighted by Gasteiger charge is -2.35. The molecule has 2 N–H and O–H groups in total. The number of allylic oxidation sites excluding steroid dienone is 1. The van der Waals surface area contributed by atoms with E-state index in [0.29, 0.717) is 35.9 Å². The molecule has 5 rings (SSSR count). The van der Waals surface area contributed by atoms with Crippen molar-refractivity contribution in [2.75, 3.05) is 50.5 Å². The minimum Gasteiger partial charge on any atom is -0.369 e. The van der Waals surface area contributed by atoms with Crippen LogP contribution in [-0.2, 0) is 13.1 Å². The van der Waals surface area contributed by atoms with Crippen molar-refractivity contribution < 1.29 is 0 Å². The molecule has 192 valence electrons. The second kappa shape index (κ2) is 10.5. The molecule has 10 heteroatoms. The molecule has 0 saturated carbocycles. The van der Waals surface area contributed by atoms with Gasteiger partial charge in [-0.1, -0.05) is 12.1 Å². The molecular formula is C27H33N9O. The molecule has 4 aromatic rings. The van der Waals surface area contributed by atoms with E-state index in [0.717, 1.165) is 37.6 Å². The number of hydrogen-bond donors (Lipinski definition) is 2. The van der Waals surface area contributed by atoms with E-state index in [2.05, 4.69) is 58.1 Å². The minimum atomic E-state index is -0.186. The highest BCUT2D eigenvalue weighted by Crippen LogP contribution is 2.26. The van der Waals surface area contributed by atoms with Crippen LogP contribution in [0.4, 0.5) is 17.3 Å². The SMILES string of the molecule is C=CCn1c(=O)c2cnc(Nc3ccc(N4CCN(C)CC4)c(C)c3)nc2n1-c1cccc(CNC)n1. The number of nitrogens with one attached hydrogen (secondary N) is 2. The van der Waals surface area contributed by atoms with Gasteiger partial charge in [0.1, 0.15) is 5.39 Å². The maximum Gasteiger partial charge on any atom is 0.278 e. The number of rotatable bonds is 8. The molecule has 3 aromatic heterocycles. The normalized spacial score (nSPS) is 14.3. The van der Waals surface area contributed by atoms with E-state index >= 15 is 0 Å². The molecule has 0 unspecified atom stereocenters. The van der Waals surface area contributed by atoms with Gasteiger partial charge in [-0.15, -0.1) is 6.58 Å². The predicted octanol–water partition coefficient (Wildman–Crippen LogP) is 2.69. The zero-order valence-electron chi connectivity index (χ0n) is 21.6. The summed E-state index contributed by atoms with van der Waals surface area (Å²) >= 11 is 0. The number of pyridine rings is 1. The molecule has 0 bridgehead atoms. The zero-order chi connectivity index (χ0) is 25.9. The molecule has 1 aliphatic rings. The van der Waals surface area contributed by atoms with E-state index in [1.807, 2.05) is 31.3 Å². The third kappa shape index (κ3) is 4.98. The van der Waals surface area contributed by atoms with Gasteiger partial charge in [-0.25, -0.2) is 19.3 Å². The molecule has 1 fully saturated rings. The Morgan fingerprint density at radius 3 is 2.65 bits per heavy atom. The smallest absolute Gasteiger partial charge is 0.278 e. The van der Waals surface area contributed by atoms with E-state index in [1.165, 1.54) is 11.3 Å². The Labute approximate surface area is 216 Å². The van der Waals surface area contributed by atoms with Crippen molar-refractivity contribution in [1.29, 1.82) is 0 Å². The standard InChI is InChI=1S/C27H33N9O/c1-5-11-35-26(37)22-18-29-27(32-25(22)36(35)24-8-6-7-21(30-24)17-28-3)31-20-9-10-23(19(2)16-20)34-14-12-33(4)13-15-34/h5-10,16,18,28H,1,11-15,17H2,2-4H3,(H,29,31,32). The van der Waals surface area contributed by atoms with Crippen molar-refractivity contribution in [3.8, 4) is 5.82 Å². The summed E-state index contributed by atoms with van der Waals surface area (Å²) < 4.78 is 3.32. The van der Waals surface area contributed by atoms with Gasteiger partial charge in [0.05, 0.1) is 12.2 Å². The molecule has 37 heavy (non-hydrogen) atoms. The Hall–Kier alpha value is -4.02. The van der Waals surface area contributed by atoms with Gasteiger partial charge >= 0.3 is 0 Å². The highest BCUT2D eigenvalue weighted by atomic mass is 16.1. The molecule has 0 atom stereocenters. The number of nitrogens with zero attached hydrogens (tertiary/aromatic N) is 7. The van der Waals surface area contributed by atoms with Crippen LogP contribution in [0.3, 0.4) is 0 Å². The van der Waals surface area contributed by atoms with Crippen molar-refractivity contribution in [2.45, 2.75) is 20.0 Å². The van der Waals surface area contributed by atoms with Gasteiger partial charge in [0.15, 0.2) is 11.5 Å². The van der Waals surface area contributed by atoms with Gasteiger partial charge in [-0.05, 0) is 56.9 Å². The van der Waals surface area contributed by atoms with E-state index in [4.69, 9.17) is 9.97 Å². The van der Waals surface area contributed by atoms with Crippen LogP contribution in [0.25, 0.3) is 16.9 Å². The molecule has 1 aliphatic heterocycles. The van der Waals surface area contributed by atoms with Gasteiger partial charge in [-0.2, -0.15) is 4.98 Å². The average molecular weight is 500 g/mol. The number of hydrogen-bond acceptors (Lipinski definition) is 8. The fourth-order valence-electron chi connectivity index (χ4n) is 4.74. The van der Waals surface area contributed by atoms with E-state index in [-0.39, 0.29) is 5.56 Å². The van der Waals surface area contributed by atoms with Crippen molar-refractivity contribution in [3.05, 3.63) is 76.9 Å². The van der Waals surface area contributed by atoms with Crippen LogP contribution >= 0.6 is 0 Å². The van der Waals surface area contributed by atoms with Crippen LogP contribution in [0.5, 0.6) is 0 Å². The first-order valence-corrected chi connectivity index (χ1v) is 12.5. The third-order valence-electron chi connectivity index (χ3n) is 6.64. The fourth-order valence-corrected chi connectivity index (χ4v) is 4.74. The topological polar surface area (TPSA) is 96.1 Å². The summed E-state index contributed by atoms with van der Waals surface area (Å²) in [7, 11) is 4.03. The van der Waals surface area contributed by atoms with Crippen LogP contribution in [-0.4, -0.2) is 69.5 Å². The monoisotopic (exact) mass is 499 g/mol. The summed E-state index contributed by atoms with van der Waals surface area (Å²) in [5.41, 5.74) is 4.50. The second-order valence-corrected chi connectivity index (χ2v) is 9.35. The second-order valence-electron chi connectivity index (χ2n) is 9.35. The first-order chi connectivity index (χ1) is 18.0. The Balaban J connectivity index is 1.50. The molecule has 0 radical (unpaired) electrons. The molecule has 0 spiro atoms. The number of aryl methyl sites for hydroxylation is 1. The lowest BCUT2D eigenvalue weighted by Crippen LogP contribution is -2.44. The summed E-state index contributed by atoms with van der Waals surface area (Å²) in [4.78, 5) is 31.9. The van der Waals surface area contributed by atoms with Gasteiger partial charge in [0.2, 0.25) is 5.95 Å². The predicted molar refractivity (Wildman–Crippen MR) is 148 cm³/mol. The maximum absolute atomic E-state index is 13.2. The summed E-state index contributed by atoms with van der Waals surface area (Å²) in [6, 6.07) is 12.0. The number of anilines is 3. The van der Waals surface area contributed by atoms with Crippen LogP contribution in [0, 0.1) is 6.92 Å². The van der Waals surface area contributed by atoms with Crippen molar-refractivity contribution in [1.82, 2.24) is 34.5 Å². The third-order valence-corrected chi connectivity index (χ3v) is 6.64. The van der Waals surface area contributed by atoms with Crippen molar-refractivity contribution in [3.63, 3.8) is 0 Å². The lowest BCUT2D eigenvalue weighted by atomic mass is 10.1. The highest BCUT2D eigenvalue weighted by Gasteiger charge is 2.19. The van der Waals surface area contributed by atoms with E-state index in [9.17, 15) is 4.79 Å². The minimum absolute atomic E-state index is 0.186. The molecule has 1 saturated heterocycles. The lowest BCUT2D eigenvalue weighted by molar-refractivity contribution is 0.312. The fraction of sp³-hybridized carbons (Fsp3) is 0.333. The molecule has 4 heterocycles. The van der Waals surface area contributed by atoms with Crippen LogP contribution in [0.15, 0.2) is 60.0 Å². The Morgan fingerprint density at radius 2 is 1.92 bits per heavy atom. The quantitative estimate of drug-likeness (QED) is 0.357. The van der Waals surface area contributed by atoms with Gasteiger partial charge in [0.25, 0.3) is 5.56 Å². The zero-order valence-corrected chi connectivity index (χ0v) is 21.6. The number of benzene rings is 1. The molecule has 10 nitrogen and oxygen atoms in total. The van der Waals surface area contributed by atoms with Crippen molar-refractivity contribution in [2.24, 2.45) is 0 Å². The molecule has 0 aliphatic carbocycles. The van der Waals surface area contributed by atoms with Gasteiger partial charge < -0.3 is 20.4 Å². The Morgan fingerprint density at radius 1 is 1.11 bits per heavy atom. The average Bonchev–Trinajstić information content (AvgIpc) is 3.16. The summed E-state index contributed by atoms with van der Waals surface area (Å²) in [6.45, 7) is 11.0. The number of fused-ring (bicyclic) bond motifs is 1. The largest absolute Gasteiger partial charge is 0.369 e. The summed E-state index contributed by atoms with van der Waals surface area (Å²) in [5, 5.41) is 6.86. The first-order valence-electron chi connectivity index (χ1n) is 12.5. The summed E-state index contributed by atoms with van der Waals surface area (Å²) in [5.74, 6) is 1.02. The van der Waals surface area contributed by atoms with E-state index in [1.54, 1.807) is 21.6 Å². The maximum atomic E-state index is 13.2. The van der Waals surface area contributed by atoms with Crippen LogP contribution in [0.1, 0.15) is 11.3 Å². The van der Waals surface area contributed by atoms with Crippen molar-refractivity contribution >= 4 is 28.4 Å². The van der Waals surface area contributed by atoms with Crippen LogP contribution < -0.4 is 21.1 Å². The summed E-state index contributed by atoms with van der Waals surface area (Å²) in [6.07, 6.45) is 3.26. The number of piperazine rings is 1. The van der Waals surface area contributed by atoms with E-state index < -0.39 is 0 Å². The molecule has 0 amide bonds. The molecule has 1 aromatic carbocycles. The number of likely N-dealkylation sites (N-methyl/N-ethyl adjacent to an activating group) is 1. The van der Waals surface area contributed by atoms with Gasteiger partial charge in [-0.3, -0.25) is 4.79 Å². The number of aromatic nitrogens is 5. The van der Waals surface area contributed by atoms with Crippen LogP contribution in [0.2, 0.25) is 0 Å². The Bertz CT molecular complexity index is 1480.